The number of likely N-dealkylation sites (tertiary alicyclic amines) is 1. The summed E-state index contributed by atoms with van der Waals surface area (Å²) in [5, 5.41) is 3.34. The van der Waals surface area contributed by atoms with E-state index in [0.717, 1.165) is 38.9 Å². The van der Waals surface area contributed by atoms with Gasteiger partial charge in [0.2, 0.25) is 5.91 Å². The van der Waals surface area contributed by atoms with E-state index in [4.69, 9.17) is 0 Å². The second-order valence-electron chi connectivity index (χ2n) is 5.13. The Hall–Kier alpha value is -0.280. The summed E-state index contributed by atoms with van der Waals surface area (Å²) in [6.45, 7) is 5.18. The summed E-state index contributed by atoms with van der Waals surface area (Å²) < 4.78 is 0. The predicted octanol–water partition coefficient (Wildman–Crippen LogP) is 2.20. The fourth-order valence-electron chi connectivity index (χ4n) is 3.01. The van der Waals surface area contributed by atoms with Gasteiger partial charge in [0.15, 0.2) is 0 Å². The van der Waals surface area contributed by atoms with Gasteiger partial charge in [-0.25, -0.2) is 0 Å². The van der Waals surface area contributed by atoms with Crippen LogP contribution in [-0.4, -0.2) is 36.5 Å². The summed E-state index contributed by atoms with van der Waals surface area (Å²) in [6, 6.07) is 0.517. The highest BCUT2D eigenvalue weighted by atomic mass is 35.5. The Labute approximate surface area is 111 Å². The smallest absolute Gasteiger partial charge is 0.227 e. The Morgan fingerprint density at radius 1 is 1.29 bits per heavy atom. The first-order valence-electron chi connectivity index (χ1n) is 6.84. The van der Waals surface area contributed by atoms with Gasteiger partial charge in [-0.05, 0) is 45.1 Å². The molecule has 1 amide bonds. The first-order chi connectivity index (χ1) is 7.83. The Balaban J connectivity index is 0.00000144. The van der Waals surface area contributed by atoms with Crippen LogP contribution in [0.3, 0.4) is 0 Å². The standard InChI is InChI=1S/C13H24N2O.ClH/c1-2-12-7-3-4-9-15(12)13(16)11-6-5-8-14-10-11;/h11-12,14H,2-10H2,1H3;1H/t11-,12?;/m1./s1. The van der Waals surface area contributed by atoms with Gasteiger partial charge in [-0.3, -0.25) is 4.79 Å². The molecule has 1 N–H and O–H groups in total. The van der Waals surface area contributed by atoms with Crippen molar-refractivity contribution in [3.05, 3.63) is 0 Å². The third kappa shape index (κ3) is 3.59. The maximum absolute atomic E-state index is 12.4. The van der Waals surface area contributed by atoms with Gasteiger partial charge < -0.3 is 10.2 Å². The Morgan fingerprint density at radius 3 is 2.76 bits per heavy atom. The third-order valence-electron chi connectivity index (χ3n) is 4.03. The fourth-order valence-corrected chi connectivity index (χ4v) is 3.01. The van der Waals surface area contributed by atoms with Crippen molar-refractivity contribution >= 4 is 18.3 Å². The summed E-state index contributed by atoms with van der Waals surface area (Å²) in [6.07, 6.45) is 7.06. The molecule has 2 saturated heterocycles. The molecule has 1 unspecified atom stereocenters. The molecule has 0 spiro atoms. The number of hydrogen-bond donors (Lipinski definition) is 1. The predicted molar refractivity (Wildman–Crippen MR) is 72.5 cm³/mol. The van der Waals surface area contributed by atoms with Gasteiger partial charge in [-0.2, -0.15) is 0 Å². The lowest BCUT2D eigenvalue weighted by Crippen LogP contribution is -2.49. The lowest BCUT2D eigenvalue weighted by Gasteiger charge is -2.38. The Kier molecular flexibility index (Phi) is 6.28. The molecular weight excluding hydrogens is 236 g/mol. The summed E-state index contributed by atoms with van der Waals surface area (Å²) in [7, 11) is 0. The molecule has 3 nitrogen and oxygen atoms in total. The van der Waals surface area contributed by atoms with Crippen LogP contribution in [0.25, 0.3) is 0 Å². The van der Waals surface area contributed by atoms with Gasteiger partial charge in [0, 0.05) is 19.1 Å². The molecule has 2 atom stereocenters. The van der Waals surface area contributed by atoms with Crippen molar-refractivity contribution < 1.29 is 4.79 Å². The number of halogens is 1. The minimum absolute atomic E-state index is 0. The van der Waals surface area contributed by atoms with E-state index in [1.165, 1.54) is 19.3 Å². The number of amides is 1. The van der Waals surface area contributed by atoms with Gasteiger partial charge in [0.25, 0.3) is 0 Å². The number of nitrogens with zero attached hydrogens (tertiary/aromatic N) is 1. The molecule has 0 aliphatic carbocycles. The van der Waals surface area contributed by atoms with E-state index in [0.29, 0.717) is 11.9 Å². The zero-order chi connectivity index (χ0) is 11.4. The third-order valence-corrected chi connectivity index (χ3v) is 4.03. The highest BCUT2D eigenvalue weighted by molar-refractivity contribution is 5.85. The molecule has 0 radical (unpaired) electrons. The molecule has 0 bridgehead atoms. The van der Waals surface area contributed by atoms with Crippen molar-refractivity contribution in [2.45, 2.75) is 51.5 Å². The van der Waals surface area contributed by atoms with Crippen molar-refractivity contribution in [2.75, 3.05) is 19.6 Å². The van der Waals surface area contributed by atoms with E-state index >= 15 is 0 Å². The SMILES string of the molecule is CCC1CCCCN1C(=O)[C@@H]1CCCNC1.Cl. The molecular formula is C13H25ClN2O. The van der Waals surface area contributed by atoms with Crippen molar-refractivity contribution in [1.82, 2.24) is 10.2 Å². The van der Waals surface area contributed by atoms with E-state index in [1.54, 1.807) is 0 Å². The monoisotopic (exact) mass is 260 g/mol. The average molecular weight is 261 g/mol. The Bertz CT molecular complexity index is 242. The quantitative estimate of drug-likeness (QED) is 0.826. The minimum atomic E-state index is 0. The lowest BCUT2D eigenvalue weighted by atomic mass is 9.93. The van der Waals surface area contributed by atoms with Gasteiger partial charge in [-0.15, -0.1) is 12.4 Å². The van der Waals surface area contributed by atoms with Gasteiger partial charge in [0.05, 0.1) is 5.92 Å². The molecule has 100 valence electrons. The van der Waals surface area contributed by atoms with E-state index in [9.17, 15) is 4.79 Å². The summed E-state index contributed by atoms with van der Waals surface area (Å²) in [5.41, 5.74) is 0. The van der Waals surface area contributed by atoms with Crippen LogP contribution < -0.4 is 5.32 Å². The fraction of sp³-hybridized carbons (Fsp3) is 0.923. The van der Waals surface area contributed by atoms with Crippen LogP contribution in [0.1, 0.15) is 45.4 Å². The molecule has 2 aliphatic rings. The Morgan fingerprint density at radius 2 is 2.12 bits per heavy atom. The van der Waals surface area contributed by atoms with Gasteiger partial charge >= 0.3 is 0 Å². The molecule has 2 heterocycles. The first-order valence-corrected chi connectivity index (χ1v) is 6.84. The average Bonchev–Trinajstić information content (AvgIpc) is 2.39. The second-order valence-corrected chi connectivity index (χ2v) is 5.13. The van der Waals surface area contributed by atoms with Crippen LogP contribution in [0.5, 0.6) is 0 Å². The molecule has 2 rings (SSSR count). The lowest BCUT2D eigenvalue weighted by molar-refractivity contribution is -0.139. The number of hydrogen-bond acceptors (Lipinski definition) is 2. The molecule has 0 saturated carbocycles. The highest BCUT2D eigenvalue weighted by Crippen LogP contribution is 2.23. The topological polar surface area (TPSA) is 32.3 Å². The molecule has 17 heavy (non-hydrogen) atoms. The second kappa shape index (κ2) is 7.22. The molecule has 2 fully saturated rings. The van der Waals surface area contributed by atoms with Gasteiger partial charge in [0.1, 0.15) is 0 Å². The van der Waals surface area contributed by atoms with Crippen molar-refractivity contribution in [3.8, 4) is 0 Å². The number of carbonyl (C=O) groups excluding carboxylic acids is 1. The van der Waals surface area contributed by atoms with Crippen LogP contribution in [0.2, 0.25) is 0 Å². The van der Waals surface area contributed by atoms with E-state index in [1.807, 2.05) is 0 Å². The molecule has 4 heteroatoms. The summed E-state index contributed by atoms with van der Waals surface area (Å²) in [5.74, 6) is 0.666. The maximum Gasteiger partial charge on any atom is 0.227 e. The summed E-state index contributed by atoms with van der Waals surface area (Å²) in [4.78, 5) is 14.6. The number of nitrogens with one attached hydrogen (secondary N) is 1. The maximum atomic E-state index is 12.4. The van der Waals surface area contributed by atoms with Gasteiger partial charge in [-0.1, -0.05) is 6.92 Å². The number of carbonyl (C=O) groups is 1. The highest BCUT2D eigenvalue weighted by Gasteiger charge is 2.31. The van der Waals surface area contributed by atoms with Crippen molar-refractivity contribution in [3.63, 3.8) is 0 Å². The molecule has 0 aromatic carbocycles. The zero-order valence-corrected chi connectivity index (χ0v) is 11.6. The van der Waals surface area contributed by atoms with Crippen LogP contribution in [0.4, 0.5) is 0 Å². The summed E-state index contributed by atoms with van der Waals surface area (Å²) >= 11 is 0. The molecule has 0 aromatic heterocycles. The van der Waals surface area contributed by atoms with E-state index in [2.05, 4.69) is 17.1 Å². The van der Waals surface area contributed by atoms with Crippen LogP contribution in [-0.2, 0) is 4.79 Å². The zero-order valence-electron chi connectivity index (χ0n) is 10.8. The van der Waals surface area contributed by atoms with Crippen molar-refractivity contribution in [1.29, 1.82) is 0 Å². The number of piperidine rings is 2. The molecule has 2 aliphatic heterocycles. The van der Waals surface area contributed by atoms with Crippen molar-refractivity contribution in [2.24, 2.45) is 5.92 Å². The first kappa shape index (κ1) is 14.8. The van der Waals surface area contributed by atoms with Crippen LogP contribution in [0.15, 0.2) is 0 Å². The number of rotatable bonds is 2. The van der Waals surface area contributed by atoms with E-state index < -0.39 is 0 Å². The minimum Gasteiger partial charge on any atom is -0.339 e. The molecule has 0 aromatic rings. The van der Waals surface area contributed by atoms with Crippen LogP contribution in [0, 0.1) is 5.92 Å². The largest absolute Gasteiger partial charge is 0.339 e. The normalized spacial score (nSPS) is 29.6. The van der Waals surface area contributed by atoms with Crippen LogP contribution >= 0.6 is 12.4 Å². The van der Waals surface area contributed by atoms with E-state index in [-0.39, 0.29) is 18.3 Å².